The molecule has 142 valence electrons. The van der Waals surface area contributed by atoms with Crippen LogP contribution in [0.4, 0.5) is 5.69 Å². The molecule has 0 atom stereocenters. The van der Waals surface area contributed by atoms with Crippen LogP contribution in [0.3, 0.4) is 0 Å². The van der Waals surface area contributed by atoms with E-state index in [1.165, 1.54) is 12.5 Å². The van der Waals surface area contributed by atoms with Crippen LogP contribution in [-0.2, 0) is 16.1 Å². The van der Waals surface area contributed by atoms with Crippen LogP contribution in [-0.4, -0.2) is 36.3 Å². The zero-order valence-electron chi connectivity index (χ0n) is 15.8. The van der Waals surface area contributed by atoms with Crippen LogP contribution in [0.25, 0.3) is 0 Å². The van der Waals surface area contributed by atoms with Gasteiger partial charge in [-0.3, -0.25) is 14.5 Å². The lowest BCUT2D eigenvalue weighted by Gasteiger charge is -2.31. The summed E-state index contributed by atoms with van der Waals surface area (Å²) in [6, 6.07) is 18.2. The van der Waals surface area contributed by atoms with Crippen LogP contribution in [0.5, 0.6) is 0 Å². The number of nitrogens with zero attached hydrogens (tertiary/aromatic N) is 1. The largest absolute Gasteiger partial charge is 0.351 e. The summed E-state index contributed by atoms with van der Waals surface area (Å²) in [6.07, 6.45) is 2.20. The van der Waals surface area contributed by atoms with Crippen LogP contribution in [0.2, 0.25) is 0 Å². The summed E-state index contributed by atoms with van der Waals surface area (Å²) >= 11 is 0. The van der Waals surface area contributed by atoms with Gasteiger partial charge in [-0.15, -0.1) is 0 Å². The van der Waals surface area contributed by atoms with Gasteiger partial charge in [0.15, 0.2) is 0 Å². The number of anilines is 1. The third kappa shape index (κ3) is 5.93. The lowest BCUT2D eigenvalue weighted by atomic mass is 9.89. The molecule has 0 bridgehead atoms. The second-order valence-electron chi connectivity index (χ2n) is 7.12. The molecule has 1 fully saturated rings. The van der Waals surface area contributed by atoms with Gasteiger partial charge in [0.1, 0.15) is 0 Å². The smallest absolute Gasteiger partial charge is 0.234 e. The summed E-state index contributed by atoms with van der Waals surface area (Å²) in [5, 5.41) is 5.71. The molecule has 27 heavy (non-hydrogen) atoms. The zero-order chi connectivity index (χ0) is 19.1. The summed E-state index contributed by atoms with van der Waals surface area (Å²) in [7, 11) is 0. The molecule has 0 aromatic heterocycles. The summed E-state index contributed by atoms with van der Waals surface area (Å²) in [5.41, 5.74) is 3.18. The van der Waals surface area contributed by atoms with E-state index in [9.17, 15) is 9.59 Å². The van der Waals surface area contributed by atoms with E-state index >= 15 is 0 Å². The molecule has 2 aromatic carbocycles. The predicted octanol–water partition coefficient (Wildman–Crippen LogP) is 3.14. The Morgan fingerprint density at radius 1 is 1.00 bits per heavy atom. The Balaban J connectivity index is 1.39. The maximum Gasteiger partial charge on any atom is 0.234 e. The van der Waals surface area contributed by atoms with Crippen molar-refractivity contribution in [3.05, 3.63) is 65.7 Å². The first-order chi connectivity index (χ1) is 13.1. The highest BCUT2D eigenvalue weighted by molar-refractivity contribution is 5.88. The SMILES string of the molecule is CC(=O)Nc1ccc(CNC(=O)CN2CCC(c3ccccc3)CC2)cc1. The number of likely N-dealkylation sites (tertiary alicyclic amines) is 1. The molecule has 1 saturated heterocycles. The molecule has 2 amide bonds. The molecule has 2 N–H and O–H groups in total. The number of nitrogens with one attached hydrogen (secondary N) is 2. The molecule has 1 aliphatic rings. The average molecular weight is 365 g/mol. The Morgan fingerprint density at radius 3 is 2.30 bits per heavy atom. The zero-order valence-corrected chi connectivity index (χ0v) is 15.8. The van der Waals surface area contributed by atoms with Crippen LogP contribution < -0.4 is 10.6 Å². The van der Waals surface area contributed by atoms with Gasteiger partial charge in [0.25, 0.3) is 0 Å². The van der Waals surface area contributed by atoms with Crippen molar-refractivity contribution in [3.63, 3.8) is 0 Å². The third-order valence-electron chi connectivity index (χ3n) is 4.99. The maximum atomic E-state index is 12.2. The Kier molecular flexibility index (Phi) is 6.60. The third-order valence-corrected chi connectivity index (χ3v) is 4.99. The summed E-state index contributed by atoms with van der Waals surface area (Å²) < 4.78 is 0. The fourth-order valence-corrected chi connectivity index (χ4v) is 3.52. The van der Waals surface area contributed by atoms with E-state index < -0.39 is 0 Å². The number of hydrogen-bond acceptors (Lipinski definition) is 3. The van der Waals surface area contributed by atoms with Gasteiger partial charge in [0, 0.05) is 19.2 Å². The number of carbonyl (C=O) groups is 2. The number of hydrogen-bond donors (Lipinski definition) is 2. The van der Waals surface area contributed by atoms with Crippen LogP contribution in [0, 0.1) is 0 Å². The van der Waals surface area contributed by atoms with Crippen molar-refractivity contribution >= 4 is 17.5 Å². The van der Waals surface area contributed by atoms with Crippen LogP contribution in [0.15, 0.2) is 54.6 Å². The monoisotopic (exact) mass is 365 g/mol. The van der Waals surface area contributed by atoms with Crippen molar-refractivity contribution in [2.75, 3.05) is 25.0 Å². The highest BCUT2D eigenvalue weighted by Gasteiger charge is 2.21. The van der Waals surface area contributed by atoms with E-state index in [4.69, 9.17) is 0 Å². The van der Waals surface area contributed by atoms with E-state index in [0.29, 0.717) is 19.0 Å². The second kappa shape index (κ2) is 9.33. The normalized spacial score (nSPS) is 15.3. The lowest BCUT2D eigenvalue weighted by molar-refractivity contribution is -0.122. The van der Waals surface area contributed by atoms with E-state index in [0.717, 1.165) is 37.2 Å². The summed E-state index contributed by atoms with van der Waals surface area (Å²) in [6.45, 7) is 4.35. The first-order valence-corrected chi connectivity index (χ1v) is 9.50. The van der Waals surface area contributed by atoms with Gasteiger partial charge in [-0.05, 0) is 55.1 Å². The highest BCUT2D eigenvalue weighted by atomic mass is 16.2. The minimum Gasteiger partial charge on any atom is -0.351 e. The van der Waals surface area contributed by atoms with Crippen molar-refractivity contribution in [3.8, 4) is 0 Å². The molecular formula is C22H27N3O2. The number of rotatable bonds is 6. The standard InChI is InChI=1S/C22H27N3O2/c1-17(26)24-21-9-7-18(8-10-21)15-23-22(27)16-25-13-11-20(12-14-25)19-5-3-2-4-6-19/h2-10,20H,11-16H2,1H3,(H,23,27)(H,24,26). The number of piperidine rings is 1. The molecule has 0 spiro atoms. The van der Waals surface area contributed by atoms with Crippen molar-refractivity contribution in [1.82, 2.24) is 10.2 Å². The number of amides is 2. The molecule has 5 nitrogen and oxygen atoms in total. The average Bonchev–Trinajstić information content (AvgIpc) is 2.68. The van der Waals surface area contributed by atoms with Gasteiger partial charge < -0.3 is 10.6 Å². The van der Waals surface area contributed by atoms with E-state index in [1.807, 2.05) is 24.3 Å². The fourth-order valence-electron chi connectivity index (χ4n) is 3.52. The van der Waals surface area contributed by atoms with Gasteiger partial charge in [0.05, 0.1) is 6.54 Å². The van der Waals surface area contributed by atoms with Gasteiger partial charge >= 0.3 is 0 Å². The molecule has 5 heteroatoms. The topological polar surface area (TPSA) is 61.4 Å². The van der Waals surface area contributed by atoms with Gasteiger partial charge in [-0.25, -0.2) is 0 Å². The van der Waals surface area contributed by atoms with Crippen LogP contribution in [0.1, 0.15) is 36.8 Å². The summed E-state index contributed by atoms with van der Waals surface area (Å²) in [4.78, 5) is 25.5. The van der Waals surface area contributed by atoms with E-state index in [-0.39, 0.29) is 11.8 Å². The first-order valence-electron chi connectivity index (χ1n) is 9.50. The quantitative estimate of drug-likeness (QED) is 0.827. The number of carbonyl (C=O) groups excluding carboxylic acids is 2. The lowest BCUT2D eigenvalue weighted by Crippen LogP contribution is -2.41. The molecule has 0 aliphatic carbocycles. The fraction of sp³-hybridized carbons (Fsp3) is 0.364. The van der Waals surface area contributed by atoms with Crippen molar-refractivity contribution in [2.24, 2.45) is 0 Å². The van der Waals surface area contributed by atoms with Crippen molar-refractivity contribution in [1.29, 1.82) is 0 Å². The van der Waals surface area contributed by atoms with Crippen LogP contribution >= 0.6 is 0 Å². The molecule has 3 rings (SSSR count). The van der Waals surface area contributed by atoms with Gasteiger partial charge in [-0.2, -0.15) is 0 Å². The molecule has 0 unspecified atom stereocenters. The van der Waals surface area contributed by atoms with Crippen molar-refractivity contribution < 1.29 is 9.59 Å². The minimum atomic E-state index is -0.0907. The Bertz CT molecular complexity index is 751. The Hall–Kier alpha value is -2.66. The molecule has 0 saturated carbocycles. The first kappa shape index (κ1) is 19.1. The maximum absolute atomic E-state index is 12.2. The van der Waals surface area contributed by atoms with Gasteiger partial charge in [0.2, 0.25) is 11.8 Å². The summed E-state index contributed by atoms with van der Waals surface area (Å²) in [5.74, 6) is 0.568. The van der Waals surface area contributed by atoms with Crippen molar-refractivity contribution in [2.45, 2.75) is 32.2 Å². The van der Waals surface area contributed by atoms with E-state index in [1.54, 1.807) is 0 Å². The molecular weight excluding hydrogens is 338 g/mol. The molecule has 2 aromatic rings. The minimum absolute atomic E-state index is 0.0547. The highest BCUT2D eigenvalue weighted by Crippen LogP contribution is 2.27. The second-order valence-corrected chi connectivity index (χ2v) is 7.12. The molecule has 1 heterocycles. The molecule has 1 aliphatic heterocycles. The van der Waals surface area contributed by atoms with E-state index in [2.05, 4.69) is 45.9 Å². The predicted molar refractivity (Wildman–Crippen MR) is 107 cm³/mol. The Morgan fingerprint density at radius 2 is 1.67 bits per heavy atom. The van der Waals surface area contributed by atoms with Gasteiger partial charge in [-0.1, -0.05) is 42.5 Å². The Labute approximate surface area is 160 Å². The molecule has 0 radical (unpaired) electrons. The number of benzene rings is 2.